The van der Waals surface area contributed by atoms with Crippen LogP contribution in [0.4, 0.5) is 0 Å². The summed E-state index contributed by atoms with van der Waals surface area (Å²) >= 11 is 0. The Balaban J connectivity index is 0.00000133. The third-order valence-electron chi connectivity index (χ3n) is 4.50. The fourth-order valence-corrected chi connectivity index (χ4v) is 3.32. The van der Waals surface area contributed by atoms with Gasteiger partial charge in [0.25, 0.3) is 0 Å². The minimum absolute atomic E-state index is 0. The molecular formula is C15H24KN3. The zero-order chi connectivity index (χ0) is 12.5. The molecule has 3 heterocycles. The van der Waals surface area contributed by atoms with Crippen LogP contribution >= 0.6 is 0 Å². The van der Waals surface area contributed by atoms with Gasteiger partial charge < -0.3 is 15.9 Å². The Labute approximate surface area is 159 Å². The van der Waals surface area contributed by atoms with Crippen LogP contribution in [-0.2, 0) is 13.0 Å². The Morgan fingerprint density at radius 3 is 2.68 bits per heavy atom. The molecule has 0 spiro atoms. The molecule has 100 valence electrons. The number of imidazole rings is 1. The van der Waals surface area contributed by atoms with Gasteiger partial charge >= 0.3 is 51.4 Å². The van der Waals surface area contributed by atoms with Gasteiger partial charge in [0.2, 0.25) is 0 Å². The molecule has 1 aromatic rings. The van der Waals surface area contributed by atoms with E-state index in [1.807, 2.05) is 0 Å². The van der Waals surface area contributed by atoms with Crippen LogP contribution < -0.4 is 51.4 Å². The summed E-state index contributed by atoms with van der Waals surface area (Å²) in [4.78, 5) is 7.30. The van der Waals surface area contributed by atoms with Crippen molar-refractivity contribution in [3.8, 4) is 0 Å². The minimum atomic E-state index is 0. The van der Waals surface area contributed by atoms with E-state index in [0.717, 1.165) is 13.0 Å². The molecule has 0 bridgehead atoms. The number of hydrogen-bond donors (Lipinski definition) is 0. The molecule has 19 heavy (non-hydrogen) atoms. The van der Waals surface area contributed by atoms with Crippen LogP contribution in [0.5, 0.6) is 0 Å². The first-order valence-electron chi connectivity index (χ1n) is 7.35. The van der Waals surface area contributed by atoms with E-state index in [9.17, 15) is 0 Å². The number of rotatable bonds is 2. The fraction of sp³-hybridized carbons (Fsp3) is 0.733. The molecule has 3 rings (SSSR count). The van der Waals surface area contributed by atoms with Crippen molar-refractivity contribution in [1.82, 2.24) is 14.5 Å². The quantitative estimate of drug-likeness (QED) is 0.546. The Hall–Kier alpha value is 0.806. The summed E-state index contributed by atoms with van der Waals surface area (Å²) in [5.74, 6) is 2.05. The summed E-state index contributed by atoms with van der Waals surface area (Å²) in [5.41, 5.74) is 1.42. The average Bonchev–Trinajstić information content (AvgIpc) is 2.82. The van der Waals surface area contributed by atoms with Crippen molar-refractivity contribution in [2.45, 2.75) is 58.0 Å². The van der Waals surface area contributed by atoms with Crippen LogP contribution in [0, 0.1) is 6.42 Å². The molecule has 0 saturated carbocycles. The van der Waals surface area contributed by atoms with Crippen molar-refractivity contribution in [1.29, 1.82) is 0 Å². The van der Waals surface area contributed by atoms with E-state index < -0.39 is 0 Å². The molecule has 0 amide bonds. The standard InChI is InChI=1S/C15H24N3.K/c1-12(2)17-9-6-13(7-10-17)15-16-11-14-5-3-4-8-18(14)15;/h3,11-13H,4-10H2,1-2H3;/q-1;+1. The van der Waals surface area contributed by atoms with E-state index in [-0.39, 0.29) is 51.4 Å². The van der Waals surface area contributed by atoms with Gasteiger partial charge in [-0.1, -0.05) is 0 Å². The van der Waals surface area contributed by atoms with Crippen molar-refractivity contribution in [2.24, 2.45) is 0 Å². The third-order valence-corrected chi connectivity index (χ3v) is 4.50. The maximum absolute atomic E-state index is 4.72. The van der Waals surface area contributed by atoms with Crippen LogP contribution in [0.3, 0.4) is 0 Å². The maximum atomic E-state index is 4.72. The largest absolute Gasteiger partial charge is 1.00 e. The molecule has 0 atom stereocenters. The molecule has 1 saturated heterocycles. The van der Waals surface area contributed by atoms with Gasteiger partial charge in [-0.25, -0.2) is 4.98 Å². The second-order valence-corrected chi connectivity index (χ2v) is 5.94. The average molecular weight is 285 g/mol. The summed E-state index contributed by atoms with van der Waals surface area (Å²) in [6.07, 6.45) is 9.34. The maximum Gasteiger partial charge on any atom is 1.00 e. The van der Waals surface area contributed by atoms with Crippen LogP contribution in [0.1, 0.15) is 50.5 Å². The van der Waals surface area contributed by atoms with Gasteiger partial charge in [0.05, 0.1) is 0 Å². The molecule has 0 aliphatic carbocycles. The number of fused-ring (bicyclic) bond motifs is 1. The topological polar surface area (TPSA) is 21.1 Å². The summed E-state index contributed by atoms with van der Waals surface area (Å²) < 4.78 is 2.48. The van der Waals surface area contributed by atoms with Gasteiger partial charge in [-0.05, 0) is 46.3 Å². The van der Waals surface area contributed by atoms with Crippen molar-refractivity contribution in [2.75, 3.05) is 13.1 Å². The second kappa shape index (κ2) is 7.19. The molecule has 3 nitrogen and oxygen atoms in total. The molecule has 2 aliphatic heterocycles. The normalized spacial score (nSPS) is 21.2. The van der Waals surface area contributed by atoms with Crippen LogP contribution in [0.25, 0.3) is 0 Å². The molecule has 2 aliphatic rings. The molecule has 0 aromatic carbocycles. The number of hydrogen-bond acceptors (Lipinski definition) is 2. The van der Waals surface area contributed by atoms with Crippen LogP contribution in [0.15, 0.2) is 6.20 Å². The van der Waals surface area contributed by atoms with E-state index in [1.54, 1.807) is 0 Å². The summed E-state index contributed by atoms with van der Waals surface area (Å²) in [6.45, 7) is 8.21. The van der Waals surface area contributed by atoms with Gasteiger partial charge in [0.15, 0.2) is 0 Å². The summed E-state index contributed by atoms with van der Waals surface area (Å²) in [7, 11) is 0. The van der Waals surface area contributed by atoms with Crippen LogP contribution in [-0.4, -0.2) is 33.6 Å². The smallest absolute Gasteiger partial charge is 0.337 e. The van der Waals surface area contributed by atoms with Gasteiger partial charge in [0, 0.05) is 23.9 Å². The number of aromatic nitrogens is 2. The van der Waals surface area contributed by atoms with Crippen molar-refractivity contribution < 1.29 is 51.4 Å². The molecule has 0 N–H and O–H groups in total. The van der Waals surface area contributed by atoms with Gasteiger partial charge in [-0.15, -0.1) is 6.42 Å². The molecule has 0 unspecified atom stereocenters. The SMILES string of the molecule is CC(C)N1CCC(c2ncc3n2CC[CH-]C3)CC1.[K+]. The Morgan fingerprint density at radius 1 is 1.26 bits per heavy atom. The second-order valence-electron chi connectivity index (χ2n) is 5.94. The first-order chi connectivity index (χ1) is 8.75. The predicted octanol–water partition coefficient (Wildman–Crippen LogP) is -0.375. The zero-order valence-electron chi connectivity index (χ0n) is 12.6. The minimum Gasteiger partial charge on any atom is -0.337 e. The van der Waals surface area contributed by atoms with Crippen molar-refractivity contribution in [3.63, 3.8) is 0 Å². The van der Waals surface area contributed by atoms with E-state index >= 15 is 0 Å². The molecular weight excluding hydrogens is 261 g/mol. The molecule has 1 fully saturated rings. The van der Waals surface area contributed by atoms with Crippen LogP contribution in [0.2, 0.25) is 0 Å². The third kappa shape index (κ3) is 3.53. The molecule has 1 aromatic heterocycles. The number of nitrogens with zero attached hydrogens (tertiary/aromatic N) is 3. The summed E-state index contributed by atoms with van der Waals surface area (Å²) in [5, 5.41) is 0. The Bertz CT molecular complexity index is 406. The Morgan fingerprint density at radius 2 is 2.00 bits per heavy atom. The monoisotopic (exact) mass is 285 g/mol. The number of piperidine rings is 1. The number of likely N-dealkylation sites (tertiary alicyclic amines) is 1. The van der Waals surface area contributed by atoms with Gasteiger partial charge in [-0.3, -0.25) is 0 Å². The molecule has 4 heteroatoms. The Kier molecular flexibility index (Phi) is 6.12. The van der Waals surface area contributed by atoms with Crippen molar-refractivity contribution >= 4 is 0 Å². The van der Waals surface area contributed by atoms with Gasteiger partial charge in [0.1, 0.15) is 5.82 Å². The van der Waals surface area contributed by atoms with Crippen molar-refractivity contribution in [3.05, 3.63) is 24.1 Å². The van der Waals surface area contributed by atoms with E-state index in [4.69, 9.17) is 4.98 Å². The van der Waals surface area contributed by atoms with E-state index in [1.165, 1.54) is 43.9 Å². The van der Waals surface area contributed by atoms with Gasteiger partial charge in [-0.2, -0.15) is 6.42 Å². The first-order valence-corrected chi connectivity index (χ1v) is 7.35. The van der Waals surface area contributed by atoms with E-state index in [0.29, 0.717) is 12.0 Å². The fourth-order valence-electron chi connectivity index (χ4n) is 3.32. The first kappa shape index (κ1) is 16.2. The molecule has 0 radical (unpaired) electrons. The zero-order valence-corrected chi connectivity index (χ0v) is 15.7. The van der Waals surface area contributed by atoms with E-state index in [2.05, 4.69) is 35.9 Å². The summed E-state index contributed by atoms with van der Waals surface area (Å²) in [6, 6.07) is 0.690. The predicted molar refractivity (Wildman–Crippen MR) is 73.5 cm³/mol.